The first-order chi connectivity index (χ1) is 9.06. The van der Waals surface area contributed by atoms with Gasteiger partial charge in [-0.05, 0) is 23.9 Å². The number of amides is 1. The van der Waals surface area contributed by atoms with E-state index in [4.69, 9.17) is 4.42 Å². The van der Waals surface area contributed by atoms with E-state index in [1.807, 2.05) is 12.1 Å². The summed E-state index contributed by atoms with van der Waals surface area (Å²) in [6.07, 6.45) is -1.07. The van der Waals surface area contributed by atoms with Crippen molar-refractivity contribution >= 4 is 23.4 Å². The van der Waals surface area contributed by atoms with Crippen molar-refractivity contribution < 1.29 is 14.3 Å². The third kappa shape index (κ3) is 2.00. The van der Waals surface area contributed by atoms with Crippen LogP contribution in [0.5, 0.6) is 0 Å². The van der Waals surface area contributed by atoms with Gasteiger partial charge < -0.3 is 14.4 Å². The van der Waals surface area contributed by atoms with Crippen LogP contribution in [-0.2, 0) is 4.79 Å². The molecule has 1 aromatic heterocycles. The fraction of sp³-hybridized carbons (Fsp3) is 0.250. The van der Waals surface area contributed by atoms with E-state index >= 15 is 0 Å². The van der Waals surface area contributed by atoms with Gasteiger partial charge >= 0.3 is 0 Å². The van der Waals surface area contributed by atoms with Crippen molar-refractivity contribution in [1.82, 2.24) is 10.2 Å². The van der Waals surface area contributed by atoms with E-state index in [1.165, 1.54) is 16.7 Å². The van der Waals surface area contributed by atoms with Gasteiger partial charge in [0.1, 0.15) is 0 Å². The van der Waals surface area contributed by atoms with Crippen LogP contribution in [-0.4, -0.2) is 28.3 Å². The standard InChI is InChI=1S/C12H11N3O3S/c1-6-13-14-12(18-6)19-7-3-4-8-9(5-7)15(2)11(17)10(8)16/h3-5,10,16H,1-2H3. The fourth-order valence-electron chi connectivity index (χ4n) is 1.96. The van der Waals surface area contributed by atoms with Crippen molar-refractivity contribution in [1.29, 1.82) is 0 Å². The van der Waals surface area contributed by atoms with Crippen molar-refractivity contribution in [2.24, 2.45) is 0 Å². The van der Waals surface area contributed by atoms with E-state index in [9.17, 15) is 9.90 Å². The summed E-state index contributed by atoms with van der Waals surface area (Å²) in [5, 5.41) is 17.9. The summed E-state index contributed by atoms with van der Waals surface area (Å²) in [5.41, 5.74) is 1.33. The molecule has 0 fully saturated rings. The van der Waals surface area contributed by atoms with Gasteiger partial charge in [0.25, 0.3) is 11.1 Å². The minimum absolute atomic E-state index is 0.314. The first-order valence-electron chi connectivity index (χ1n) is 5.64. The molecule has 0 saturated heterocycles. The van der Waals surface area contributed by atoms with Gasteiger partial charge in [-0.2, -0.15) is 0 Å². The molecule has 2 heterocycles. The molecular weight excluding hydrogens is 266 g/mol. The van der Waals surface area contributed by atoms with E-state index in [0.717, 1.165) is 4.90 Å². The van der Waals surface area contributed by atoms with Gasteiger partial charge in [-0.1, -0.05) is 6.07 Å². The zero-order valence-electron chi connectivity index (χ0n) is 10.3. The number of aryl methyl sites for hydroxylation is 1. The Morgan fingerprint density at radius 2 is 2.21 bits per heavy atom. The number of aliphatic hydroxyl groups is 1. The second-order valence-electron chi connectivity index (χ2n) is 4.21. The maximum Gasteiger partial charge on any atom is 0.281 e. The Labute approximate surface area is 113 Å². The van der Waals surface area contributed by atoms with Gasteiger partial charge in [0, 0.05) is 24.4 Å². The lowest BCUT2D eigenvalue weighted by Gasteiger charge is -2.10. The minimum Gasteiger partial charge on any atom is -0.416 e. The predicted molar refractivity (Wildman–Crippen MR) is 68.0 cm³/mol. The smallest absolute Gasteiger partial charge is 0.281 e. The Morgan fingerprint density at radius 1 is 1.42 bits per heavy atom. The Kier molecular flexibility index (Phi) is 2.79. The van der Waals surface area contributed by atoms with Gasteiger partial charge in [-0.25, -0.2) is 0 Å². The summed E-state index contributed by atoms with van der Waals surface area (Å²) in [4.78, 5) is 14.0. The van der Waals surface area contributed by atoms with Gasteiger partial charge in [0.15, 0.2) is 6.10 Å². The molecule has 1 atom stereocenters. The number of rotatable bonds is 2. The molecule has 0 radical (unpaired) electrons. The third-order valence-electron chi connectivity index (χ3n) is 2.93. The molecular formula is C12H11N3O3S. The molecule has 1 N–H and O–H groups in total. The summed E-state index contributed by atoms with van der Waals surface area (Å²) in [5.74, 6) is 0.192. The van der Waals surface area contributed by atoms with Crippen LogP contribution >= 0.6 is 11.8 Å². The van der Waals surface area contributed by atoms with Gasteiger partial charge in [-0.15, -0.1) is 10.2 Å². The maximum absolute atomic E-state index is 11.7. The topological polar surface area (TPSA) is 79.5 Å². The molecule has 0 spiro atoms. The van der Waals surface area contributed by atoms with Crippen molar-refractivity contribution in [2.45, 2.75) is 23.1 Å². The second-order valence-corrected chi connectivity index (χ2v) is 5.23. The van der Waals surface area contributed by atoms with E-state index in [2.05, 4.69) is 10.2 Å². The highest BCUT2D eigenvalue weighted by Gasteiger charge is 2.33. The SMILES string of the molecule is Cc1nnc(Sc2ccc3c(c2)N(C)C(=O)C3O)o1. The monoisotopic (exact) mass is 277 g/mol. The van der Waals surface area contributed by atoms with Gasteiger partial charge in [-0.3, -0.25) is 4.79 Å². The molecule has 3 rings (SSSR count). The Morgan fingerprint density at radius 3 is 2.89 bits per heavy atom. The summed E-state index contributed by atoms with van der Waals surface area (Å²) in [6, 6.07) is 5.39. The van der Waals surface area contributed by atoms with E-state index in [1.54, 1.807) is 20.0 Å². The number of hydrogen-bond acceptors (Lipinski definition) is 6. The third-order valence-corrected chi connectivity index (χ3v) is 3.76. The number of hydrogen-bond donors (Lipinski definition) is 1. The first-order valence-corrected chi connectivity index (χ1v) is 6.45. The average Bonchev–Trinajstić information content (AvgIpc) is 2.89. The maximum atomic E-state index is 11.7. The minimum atomic E-state index is -1.07. The molecule has 0 bridgehead atoms. The quantitative estimate of drug-likeness (QED) is 0.897. The highest BCUT2D eigenvalue weighted by Crippen LogP contribution is 2.38. The molecule has 1 aromatic carbocycles. The number of nitrogens with zero attached hydrogens (tertiary/aromatic N) is 3. The van der Waals surface area contributed by atoms with Crippen molar-refractivity contribution in [3.63, 3.8) is 0 Å². The molecule has 0 saturated carbocycles. The van der Waals surface area contributed by atoms with Crippen LogP contribution in [0.15, 0.2) is 32.7 Å². The normalized spacial score (nSPS) is 17.9. The molecule has 2 aromatic rings. The summed E-state index contributed by atoms with van der Waals surface area (Å²) in [6.45, 7) is 1.72. The highest BCUT2D eigenvalue weighted by molar-refractivity contribution is 7.99. The van der Waals surface area contributed by atoms with E-state index in [-0.39, 0.29) is 5.91 Å². The number of likely N-dealkylation sites (N-methyl/N-ethyl adjacent to an activating group) is 1. The van der Waals surface area contributed by atoms with Crippen LogP contribution in [0.25, 0.3) is 0 Å². The summed E-state index contributed by atoms with van der Waals surface area (Å²) in [7, 11) is 1.64. The molecule has 98 valence electrons. The van der Waals surface area contributed by atoms with Crippen molar-refractivity contribution in [2.75, 3.05) is 11.9 Å². The van der Waals surface area contributed by atoms with Crippen molar-refractivity contribution in [3.8, 4) is 0 Å². The van der Waals surface area contributed by atoms with Crippen molar-refractivity contribution in [3.05, 3.63) is 29.7 Å². The van der Waals surface area contributed by atoms with Crippen LogP contribution in [0.2, 0.25) is 0 Å². The largest absolute Gasteiger partial charge is 0.416 e. The van der Waals surface area contributed by atoms with Crippen LogP contribution in [0.3, 0.4) is 0 Å². The number of aliphatic hydroxyl groups excluding tert-OH is 1. The Balaban J connectivity index is 1.92. The lowest BCUT2D eigenvalue weighted by molar-refractivity contribution is -0.125. The van der Waals surface area contributed by atoms with Crippen LogP contribution < -0.4 is 4.90 Å². The number of carbonyl (C=O) groups is 1. The molecule has 1 aliphatic rings. The number of anilines is 1. The molecule has 7 heteroatoms. The molecule has 6 nitrogen and oxygen atoms in total. The number of aromatic nitrogens is 2. The lowest BCUT2D eigenvalue weighted by atomic mass is 10.1. The Bertz CT molecular complexity index is 655. The molecule has 1 aliphatic heterocycles. The first kappa shape index (κ1) is 12.2. The van der Waals surface area contributed by atoms with Crippen LogP contribution in [0.4, 0.5) is 5.69 Å². The molecule has 19 heavy (non-hydrogen) atoms. The lowest BCUT2D eigenvalue weighted by Crippen LogP contribution is -2.23. The summed E-state index contributed by atoms with van der Waals surface area (Å²) >= 11 is 1.32. The van der Waals surface area contributed by atoms with E-state index < -0.39 is 6.10 Å². The predicted octanol–water partition coefficient (Wildman–Crippen LogP) is 1.54. The second kappa shape index (κ2) is 4.36. The van der Waals surface area contributed by atoms with Gasteiger partial charge in [0.2, 0.25) is 5.89 Å². The zero-order chi connectivity index (χ0) is 13.6. The highest BCUT2D eigenvalue weighted by atomic mass is 32.2. The fourth-order valence-corrected chi connectivity index (χ4v) is 2.72. The summed E-state index contributed by atoms with van der Waals surface area (Å²) < 4.78 is 5.29. The molecule has 0 aliphatic carbocycles. The molecule has 1 unspecified atom stereocenters. The number of benzene rings is 1. The number of carbonyl (C=O) groups excluding carboxylic acids is 1. The van der Waals surface area contributed by atoms with Gasteiger partial charge in [0.05, 0.1) is 5.69 Å². The van der Waals surface area contributed by atoms with Crippen LogP contribution in [0.1, 0.15) is 17.6 Å². The molecule has 1 amide bonds. The average molecular weight is 277 g/mol. The van der Waals surface area contributed by atoms with E-state index in [0.29, 0.717) is 22.4 Å². The number of fused-ring (bicyclic) bond motifs is 1. The zero-order valence-corrected chi connectivity index (χ0v) is 11.1. The van der Waals surface area contributed by atoms with Crippen LogP contribution in [0, 0.1) is 6.92 Å². The Hall–Kier alpha value is -1.86.